The molecule has 0 amide bonds. The largest absolute Gasteiger partial charge is 0.373 e. The van der Waals surface area contributed by atoms with E-state index in [0.29, 0.717) is 13.2 Å². The Morgan fingerprint density at radius 1 is 1.18 bits per heavy atom. The molecule has 2 nitrogen and oxygen atoms in total. The van der Waals surface area contributed by atoms with Crippen LogP contribution in [-0.4, -0.2) is 18.8 Å². The minimum absolute atomic E-state index is 0.0461. The third-order valence-electron chi connectivity index (χ3n) is 1.02. The molecule has 0 saturated heterocycles. The molecular formula is C9H19O2. The molecule has 1 radical (unpaired) electrons. The van der Waals surface area contributed by atoms with Crippen molar-refractivity contribution in [3.05, 3.63) is 6.61 Å². The normalized spacial score (nSPS) is 12.0. The second kappa shape index (κ2) is 5.56. The van der Waals surface area contributed by atoms with Gasteiger partial charge in [0, 0.05) is 0 Å². The van der Waals surface area contributed by atoms with E-state index in [1.165, 1.54) is 0 Å². The van der Waals surface area contributed by atoms with Gasteiger partial charge in [0.05, 0.1) is 25.4 Å². The number of hydrogen-bond acceptors (Lipinski definition) is 2. The average Bonchev–Trinajstić information content (AvgIpc) is 1.85. The van der Waals surface area contributed by atoms with Crippen LogP contribution in [0, 0.1) is 6.61 Å². The Bertz CT molecular complexity index is 84.1. The Kier molecular flexibility index (Phi) is 5.51. The molecular weight excluding hydrogens is 140 g/mol. The van der Waals surface area contributed by atoms with Gasteiger partial charge >= 0.3 is 0 Å². The molecule has 0 aromatic carbocycles. The number of rotatable bonds is 5. The standard InChI is InChI=1S/C9H19O2/c1-5-6-10-7-8-11-9(2,3)4/h6H,5,7-8H2,1-4H3. The van der Waals surface area contributed by atoms with Gasteiger partial charge in [0.25, 0.3) is 0 Å². The van der Waals surface area contributed by atoms with E-state index in [-0.39, 0.29) is 5.60 Å². The van der Waals surface area contributed by atoms with Crippen molar-refractivity contribution in [1.29, 1.82) is 0 Å². The molecule has 0 aromatic rings. The Morgan fingerprint density at radius 3 is 2.27 bits per heavy atom. The first-order valence-electron chi connectivity index (χ1n) is 4.13. The van der Waals surface area contributed by atoms with Crippen molar-refractivity contribution in [2.24, 2.45) is 0 Å². The van der Waals surface area contributed by atoms with E-state index in [1.807, 2.05) is 27.7 Å². The Balaban J connectivity index is 3.02. The molecule has 0 aliphatic carbocycles. The first-order chi connectivity index (χ1) is 5.06. The summed E-state index contributed by atoms with van der Waals surface area (Å²) in [7, 11) is 0. The minimum Gasteiger partial charge on any atom is -0.373 e. The van der Waals surface area contributed by atoms with Crippen LogP contribution in [-0.2, 0) is 9.47 Å². The van der Waals surface area contributed by atoms with Gasteiger partial charge in [-0.25, -0.2) is 0 Å². The Hall–Kier alpha value is -0.0800. The fourth-order valence-corrected chi connectivity index (χ4v) is 0.597. The fourth-order valence-electron chi connectivity index (χ4n) is 0.597. The summed E-state index contributed by atoms with van der Waals surface area (Å²) in [5, 5.41) is 0. The third-order valence-corrected chi connectivity index (χ3v) is 1.02. The summed E-state index contributed by atoms with van der Waals surface area (Å²) in [6.45, 7) is 11.3. The third kappa shape index (κ3) is 9.92. The fraction of sp³-hybridized carbons (Fsp3) is 0.889. The molecule has 0 saturated carbocycles. The molecule has 0 atom stereocenters. The number of hydrogen-bond donors (Lipinski definition) is 0. The lowest BCUT2D eigenvalue weighted by Gasteiger charge is -2.19. The van der Waals surface area contributed by atoms with E-state index >= 15 is 0 Å². The Labute approximate surface area is 69.9 Å². The summed E-state index contributed by atoms with van der Waals surface area (Å²) in [5.74, 6) is 0. The molecule has 0 N–H and O–H groups in total. The molecule has 0 aliphatic heterocycles. The van der Waals surface area contributed by atoms with E-state index in [9.17, 15) is 0 Å². The maximum Gasteiger partial charge on any atom is 0.0835 e. The summed E-state index contributed by atoms with van der Waals surface area (Å²) < 4.78 is 10.6. The highest BCUT2D eigenvalue weighted by Gasteiger charge is 2.08. The highest BCUT2D eigenvalue weighted by atomic mass is 16.5. The second-order valence-corrected chi connectivity index (χ2v) is 3.41. The van der Waals surface area contributed by atoms with Crippen molar-refractivity contribution in [3.63, 3.8) is 0 Å². The predicted octanol–water partition coefficient (Wildman–Crippen LogP) is 2.39. The summed E-state index contributed by atoms with van der Waals surface area (Å²) in [6, 6.07) is 0. The van der Waals surface area contributed by atoms with Crippen LogP contribution < -0.4 is 0 Å². The molecule has 0 spiro atoms. The zero-order valence-electron chi connectivity index (χ0n) is 8.02. The molecule has 67 valence electrons. The van der Waals surface area contributed by atoms with E-state index in [1.54, 1.807) is 6.61 Å². The maximum atomic E-state index is 5.43. The molecule has 0 aromatic heterocycles. The molecule has 0 aliphatic rings. The van der Waals surface area contributed by atoms with Crippen molar-refractivity contribution < 1.29 is 9.47 Å². The van der Waals surface area contributed by atoms with E-state index in [2.05, 4.69) is 0 Å². The highest BCUT2D eigenvalue weighted by molar-refractivity contribution is 4.58. The average molecular weight is 159 g/mol. The lowest BCUT2D eigenvalue weighted by Crippen LogP contribution is -2.21. The van der Waals surface area contributed by atoms with Crippen molar-refractivity contribution in [3.8, 4) is 0 Å². The van der Waals surface area contributed by atoms with Gasteiger partial charge in [-0.3, -0.25) is 0 Å². The molecule has 0 heterocycles. The van der Waals surface area contributed by atoms with Gasteiger partial charge in [-0.05, 0) is 27.2 Å². The van der Waals surface area contributed by atoms with Crippen LogP contribution in [0.5, 0.6) is 0 Å². The maximum absolute atomic E-state index is 5.43. The van der Waals surface area contributed by atoms with Gasteiger partial charge < -0.3 is 9.47 Å². The van der Waals surface area contributed by atoms with Gasteiger partial charge in [0.1, 0.15) is 0 Å². The van der Waals surface area contributed by atoms with E-state index < -0.39 is 0 Å². The van der Waals surface area contributed by atoms with Crippen LogP contribution in [0.2, 0.25) is 0 Å². The van der Waals surface area contributed by atoms with Gasteiger partial charge in [0.2, 0.25) is 0 Å². The minimum atomic E-state index is -0.0461. The molecule has 0 rings (SSSR count). The van der Waals surface area contributed by atoms with Gasteiger partial charge in [-0.1, -0.05) is 6.92 Å². The van der Waals surface area contributed by atoms with Crippen LogP contribution in [0.15, 0.2) is 0 Å². The van der Waals surface area contributed by atoms with Crippen LogP contribution in [0.4, 0.5) is 0 Å². The van der Waals surface area contributed by atoms with E-state index in [4.69, 9.17) is 9.47 Å². The predicted molar refractivity (Wildman–Crippen MR) is 46.2 cm³/mol. The summed E-state index contributed by atoms with van der Waals surface area (Å²) >= 11 is 0. The summed E-state index contributed by atoms with van der Waals surface area (Å²) in [5.41, 5.74) is -0.0461. The molecule has 0 unspecified atom stereocenters. The molecule has 0 fully saturated rings. The quantitative estimate of drug-likeness (QED) is 0.573. The smallest absolute Gasteiger partial charge is 0.0835 e. The van der Waals surface area contributed by atoms with Gasteiger partial charge in [0.15, 0.2) is 0 Å². The van der Waals surface area contributed by atoms with Crippen molar-refractivity contribution in [2.75, 3.05) is 13.2 Å². The zero-order valence-corrected chi connectivity index (χ0v) is 8.02. The van der Waals surface area contributed by atoms with Crippen LogP contribution in [0.1, 0.15) is 34.1 Å². The van der Waals surface area contributed by atoms with Crippen LogP contribution in [0.3, 0.4) is 0 Å². The lowest BCUT2D eigenvalue weighted by atomic mass is 10.2. The van der Waals surface area contributed by atoms with Crippen LogP contribution >= 0.6 is 0 Å². The van der Waals surface area contributed by atoms with E-state index in [0.717, 1.165) is 6.42 Å². The topological polar surface area (TPSA) is 18.5 Å². The first kappa shape index (κ1) is 10.9. The van der Waals surface area contributed by atoms with Crippen molar-refractivity contribution in [1.82, 2.24) is 0 Å². The summed E-state index contributed by atoms with van der Waals surface area (Å²) in [6.07, 6.45) is 0.954. The van der Waals surface area contributed by atoms with Gasteiger partial charge in [-0.15, -0.1) is 0 Å². The SMILES string of the molecule is CC[CH]OCCOC(C)(C)C. The monoisotopic (exact) mass is 159 g/mol. The second-order valence-electron chi connectivity index (χ2n) is 3.41. The molecule has 0 bridgehead atoms. The van der Waals surface area contributed by atoms with Crippen LogP contribution in [0.25, 0.3) is 0 Å². The highest BCUT2D eigenvalue weighted by Crippen LogP contribution is 2.05. The van der Waals surface area contributed by atoms with Gasteiger partial charge in [-0.2, -0.15) is 0 Å². The molecule has 11 heavy (non-hydrogen) atoms. The first-order valence-corrected chi connectivity index (χ1v) is 4.13. The Morgan fingerprint density at radius 2 is 1.82 bits per heavy atom. The molecule has 2 heteroatoms. The number of ether oxygens (including phenoxy) is 2. The van der Waals surface area contributed by atoms with Crippen molar-refractivity contribution >= 4 is 0 Å². The zero-order chi connectivity index (χ0) is 8.74. The van der Waals surface area contributed by atoms with Crippen molar-refractivity contribution in [2.45, 2.75) is 39.7 Å². The lowest BCUT2D eigenvalue weighted by molar-refractivity contribution is -0.0268. The summed E-state index contributed by atoms with van der Waals surface area (Å²) in [4.78, 5) is 0.